The molecule has 1 aliphatic heterocycles. The van der Waals surface area contributed by atoms with E-state index in [0.717, 1.165) is 32.3 Å². The maximum atomic E-state index is 9.64. The van der Waals surface area contributed by atoms with Gasteiger partial charge in [0.15, 0.2) is 6.29 Å². The van der Waals surface area contributed by atoms with E-state index in [4.69, 9.17) is 9.47 Å². The van der Waals surface area contributed by atoms with Gasteiger partial charge in [0.05, 0.1) is 6.61 Å². The second-order valence-electron chi connectivity index (χ2n) is 4.75. The summed E-state index contributed by atoms with van der Waals surface area (Å²) in [5.74, 6) is 5.89. The molecule has 2 atom stereocenters. The van der Waals surface area contributed by atoms with Gasteiger partial charge in [-0.1, -0.05) is 25.7 Å². The summed E-state index contributed by atoms with van der Waals surface area (Å²) in [5.41, 5.74) is 0. The Kier molecular flexibility index (Phi) is 8.93. The molecule has 1 rings (SSSR count). The summed E-state index contributed by atoms with van der Waals surface area (Å²) in [4.78, 5) is 0. The van der Waals surface area contributed by atoms with Gasteiger partial charge < -0.3 is 14.6 Å². The van der Waals surface area contributed by atoms with Crippen molar-refractivity contribution in [1.29, 1.82) is 0 Å². The van der Waals surface area contributed by atoms with E-state index >= 15 is 0 Å². The first-order chi connectivity index (χ1) is 8.83. The quantitative estimate of drug-likeness (QED) is 0.561. The third-order valence-electron chi connectivity index (χ3n) is 3.01. The van der Waals surface area contributed by atoms with E-state index in [9.17, 15) is 5.11 Å². The van der Waals surface area contributed by atoms with Crippen LogP contribution in [0, 0.1) is 11.8 Å². The number of hydrogen-bond donors (Lipinski definition) is 1. The highest BCUT2D eigenvalue weighted by molar-refractivity contribution is 5.04. The molecule has 0 amide bonds. The molecule has 0 bridgehead atoms. The molecule has 104 valence electrons. The van der Waals surface area contributed by atoms with Crippen LogP contribution in [0.5, 0.6) is 0 Å². The maximum Gasteiger partial charge on any atom is 0.157 e. The molecule has 1 aliphatic rings. The lowest BCUT2D eigenvalue weighted by molar-refractivity contribution is -0.164. The fraction of sp³-hybridized carbons (Fsp3) is 0.867. The molecule has 1 unspecified atom stereocenters. The first-order valence-corrected chi connectivity index (χ1v) is 7.22. The Morgan fingerprint density at radius 1 is 1.39 bits per heavy atom. The third kappa shape index (κ3) is 7.71. The van der Waals surface area contributed by atoms with E-state index in [1.165, 1.54) is 19.3 Å². The molecule has 0 aromatic rings. The lowest BCUT2D eigenvalue weighted by Crippen LogP contribution is -2.23. The minimum absolute atomic E-state index is 0.0662. The number of aliphatic hydroxyl groups is 1. The average Bonchev–Trinajstić information content (AvgIpc) is 2.40. The van der Waals surface area contributed by atoms with E-state index in [1.807, 2.05) is 0 Å². The topological polar surface area (TPSA) is 38.7 Å². The maximum absolute atomic E-state index is 9.64. The van der Waals surface area contributed by atoms with Crippen molar-refractivity contribution in [3.63, 3.8) is 0 Å². The second kappa shape index (κ2) is 10.4. The van der Waals surface area contributed by atoms with Crippen molar-refractivity contribution in [2.45, 2.75) is 70.7 Å². The van der Waals surface area contributed by atoms with E-state index in [2.05, 4.69) is 18.8 Å². The van der Waals surface area contributed by atoms with E-state index in [1.54, 1.807) is 0 Å². The monoisotopic (exact) mass is 254 g/mol. The Morgan fingerprint density at radius 3 is 3.00 bits per heavy atom. The lowest BCUT2D eigenvalue weighted by Gasteiger charge is -2.22. The molecule has 1 saturated heterocycles. The van der Waals surface area contributed by atoms with Gasteiger partial charge in [0, 0.05) is 19.4 Å². The second-order valence-corrected chi connectivity index (χ2v) is 4.75. The number of unbranched alkanes of at least 4 members (excludes halogenated alkanes) is 3. The predicted octanol–water partition coefficient (Wildman–Crippen LogP) is 2.86. The van der Waals surface area contributed by atoms with Crippen LogP contribution in [0.1, 0.15) is 58.3 Å². The van der Waals surface area contributed by atoms with Crippen molar-refractivity contribution in [2.24, 2.45) is 0 Å². The molecular formula is C15H26O3. The summed E-state index contributed by atoms with van der Waals surface area (Å²) in [6, 6.07) is 0. The van der Waals surface area contributed by atoms with Crippen molar-refractivity contribution in [2.75, 3.05) is 13.2 Å². The first kappa shape index (κ1) is 15.5. The van der Waals surface area contributed by atoms with Crippen molar-refractivity contribution >= 4 is 0 Å². The number of hydrogen-bond acceptors (Lipinski definition) is 3. The average molecular weight is 254 g/mol. The molecule has 3 heteroatoms. The number of ether oxygens (including phenoxy) is 2. The summed E-state index contributed by atoms with van der Waals surface area (Å²) < 4.78 is 11.0. The molecule has 3 nitrogen and oxygen atoms in total. The van der Waals surface area contributed by atoms with Crippen molar-refractivity contribution < 1.29 is 14.6 Å². The summed E-state index contributed by atoms with van der Waals surface area (Å²) in [7, 11) is 0. The number of rotatable bonds is 7. The van der Waals surface area contributed by atoms with Gasteiger partial charge in [-0.05, 0) is 25.7 Å². The molecule has 0 saturated carbocycles. The Hall–Kier alpha value is -0.560. The highest BCUT2D eigenvalue weighted by Crippen LogP contribution is 2.13. The minimum atomic E-state index is -0.560. The first-order valence-electron chi connectivity index (χ1n) is 7.22. The van der Waals surface area contributed by atoms with Gasteiger partial charge in [0.1, 0.15) is 6.10 Å². The molecule has 0 aromatic heterocycles. The Labute approximate surface area is 111 Å². The van der Waals surface area contributed by atoms with E-state index in [0.29, 0.717) is 13.0 Å². The van der Waals surface area contributed by atoms with Gasteiger partial charge in [-0.15, -0.1) is 5.92 Å². The lowest BCUT2D eigenvalue weighted by atomic mass is 10.2. The van der Waals surface area contributed by atoms with Crippen LogP contribution in [0.25, 0.3) is 0 Å². The van der Waals surface area contributed by atoms with Crippen LogP contribution >= 0.6 is 0 Å². The molecule has 0 aliphatic carbocycles. The van der Waals surface area contributed by atoms with Crippen LogP contribution in [0.3, 0.4) is 0 Å². The van der Waals surface area contributed by atoms with Crippen LogP contribution < -0.4 is 0 Å². The number of aliphatic hydroxyl groups excluding tert-OH is 1. The smallest absolute Gasteiger partial charge is 0.157 e. The molecule has 1 N–H and O–H groups in total. The zero-order valence-electron chi connectivity index (χ0n) is 11.5. The predicted molar refractivity (Wildman–Crippen MR) is 72.1 cm³/mol. The summed E-state index contributed by atoms with van der Waals surface area (Å²) >= 11 is 0. The minimum Gasteiger partial charge on any atom is -0.380 e. The molecule has 0 radical (unpaired) electrons. The highest BCUT2D eigenvalue weighted by Gasteiger charge is 2.13. The fourth-order valence-electron chi connectivity index (χ4n) is 1.88. The van der Waals surface area contributed by atoms with Gasteiger partial charge in [0.25, 0.3) is 0 Å². The Balaban J connectivity index is 1.99. The highest BCUT2D eigenvalue weighted by atomic mass is 16.7. The van der Waals surface area contributed by atoms with E-state index < -0.39 is 6.10 Å². The van der Waals surface area contributed by atoms with Crippen LogP contribution in [-0.2, 0) is 9.47 Å². The molecule has 0 aromatic carbocycles. The third-order valence-corrected chi connectivity index (χ3v) is 3.01. The molecular weight excluding hydrogens is 228 g/mol. The van der Waals surface area contributed by atoms with Gasteiger partial charge in [-0.25, -0.2) is 0 Å². The summed E-state index contributed by atoms with van der Waals surface area (Å²) in [6.07, 6.45) is 7.65. The van der Waals surface area contributed by atoms with Crippen LogP contribution in [0.2, 0.25) is 0 Å². The fourth-order valence-corrected chi connectivity index (χ4v) is 1.88. The van der Waals surface area contributed by atoms with Crippen molar-refractivity contribution in [3.8, 4) is 11.8 Å². The van der Waals surface area contributed by atoms with Gasteiger partial charge in [0.2, 0.25) is 0 Å². The molecule has 0 spiro atoms. The SMILES string of the molecule is CCCCCC#C[C@H](O)CCOC1CCCCO1. The Bertz CT molecular complexity index is 248. The zero-order valence-corrected chi connectivity index (χ0v) is 11.5. The normalized spacial score (nSPS) is 21.1. The van der Waals surface area contributed by atoms with Gasteiger partial charge in [-0.3, -0.25) is 0 Å². The molecule has 18 heavy (non-hydrogen) atoms. The van der Waals surface area contributed by atoms with Crippen LogP contribution in [0.15, 0.2) is 0 Å². The zero-order chi connectivity index (χ0) is 13.1. The Morgan fingerprint density at radius 2 is 2.28 bits per heavy atom. The summed E-state index contributed by atoms with van der Waals surface area (Å²) in [6.45, 7) is 3.49. The van der Waals surface area contributed by atoms with E-state index in [-0.39, 0.29) is 6.29 Å². The van der Waals surface area contributed by atoms with Crippen molar-refractivity contribution in [3.05, 3.63) is 0 Å². The molecule has 1 heterocycles. The van der Waals surface area contributed by atoms with Crippen LogP contribution in [-0.4, -0.2) is 30.7 Å². The van der Waals surface area contributed by atoms with Gasteiger partial charge >= 0.3 is 0 Å². The van der Waals surface area contributed by atoms with Crippen molar-refractivity contribution in [1.82, 2.24) is 0 Å². The standard InChI is InChI=1S/C15H26O3/c1-2-3-4-5-6-9-14(16)11-13-18-15-10-7-8-12-17-15/h14-16H,2-5,7-8,10-13H2,1H3/t14-,15?/m0/s1. The summed E-state index contributed by atoms with van der Waals surface area (Å²) in [5, 5.41) is 9.64. The largest absolute Gasteiger partial charge is 0.380 e. The van der Waals surface area contributed by atoms with Gasteiger partial charge in [-0.2, -0.15) is 0 Å². The van der Waals surface area contributed by atoms with Crippen LogP contribution in [0.4, 0.5) is 0 Å². The molecule has 1 fully saturated rings.